The predicted molar refractivity (Wildman–Crippen MR) is 112 cm³/mol. The second kappa shape index (κ2) is 10.5. The van der Waals surface area contributed by atoms with Crippen LogP contribution < -0.4 is 16.0 Å². The Morgan fingerprint density at radius 2 is 1.79 bits per heavy atom. The maximum atomic E-state index is 12.9. The lowest BCUT2D eigenvalue weighted by Crippen LogP contribution is -2.39. The molecule has 0 aliphatic heterocycles. The molecule has 3 aromatic rings. The Labute approximate surface area is 175 Å². The van der Waals surface area contributed by atoms with Crippen molar-refractivity contribution in [3.05, 3.63) is 66.0 Å². The van der Waals surface area contributed by atoms with E-state index in [1.807, 2.05) is 30.3 Å². The summed E-state index contributed by atoms with van der Waals surface area (Å²) in [6.45, 7) is 0.351. The number of nitrogens with one attached hydrogen (secondary N) is 3. The van der Waals surface area contributed by atoms with Gasteiger partial charge in [0.1, 0.15) is 5.82 Å². The highest BCUT2D eigenvalue weighted by molar-refractivity contribution is 8.01. The van der Waals surface area contributed by atoms with Crippen molar-refractivity contribution in [1.29, 1.82) is 0 Å². The van der Waals surface area contributed by atoms with Gasteiger partial charge in [-0.2, -0.15) is 0 Å². The van der Waals surface area contributed by atoms with Gasteiger partial charge in [0.15, 0.2) is 4.34 Å². The van der Waals surface area contributed by atoms with E-state index in [0.29, 0.717) is 27.5 Å². The zero-order chi connectivity index (χ0) is 20.5. The van der Waals surface area contributed by atoms with Crippen LogP contribution in [-0.4, -0.2) is 27.9 Å². The Kier molecular flexibility index (Phi) is 7.54. The number of anilines is 2. The third kappa shape index (κ3) is 7.16. The first kappa shape index (κ1) is 20.7. The van der Waals surface area contributed by atoms with Crippen LogP contribution in [0.3, 0.4) is 0 Å². The van der Waals surface area contributed by atoms with Crippen LogP contribution >= 0.6 is 23.1 Å². The number of urea groups is 1. The zero-order valence-corrected chi connectivity index (χ0v) is 16.9. The number of nitrogens with zero attached hydrogens (tertiary/aromatic N) is 2. The van der Waals surface area contributed by atoms with Crippen molar-refractivity contribution in [1.82, 2.24) is 20.8 Å². The highest BCUT2D eigenvalue weighted by atomic mass is 32.2. The SMILES string of the molecule is O=C(CCSc1nnc(Nc2ccc(F)cc2)s1)NC(=O)NCc1ccccc1. The molecule has 0 bridgehead atoms. The van der Waals surface area contributed by atoms with Gasteiger partial charge in [0.25, 0.3) is 0 Å². The predicted octanol–water partition coefficient (Wildman–Crippen LogP) is 3.93. The molecular formula is C19H18FN5O2S2. The lowest BCUT2D eigenvalue weighted by molar-refractivity contribution is -0.119. The number of amides is 3. The van der Waals surface area contributed by atoms with Crippen molar-refractivity contribution in [2.45, 2.75) is 17.3 Å². The number of rotatable bonds is 8. The number of halogens is 1. The first-order chi connectivity index (χ1) is 14.1. The third-order valence-corrected chi connectivity index (χ3v) is 5.58. The molecular weight excluding hydrogens is 413 g/mol. The van der Waals surface area contributed by atoms with E-state index in [0.717, 1.165) is 5.56 Å². The Morgan fingerprint density at radius 1 is 1.03 bits per heavy atom. The average Bonchev–Trinajstić information content (AvgIpc) is 3.16. The molecule has 0 saturated carbocycles. The maximum Gasteiger partial charge on any atom is 0.321 e. The molecule has 3 rings (SSSR count). The molecule has 150 valence electrons. The van der Waals surface area contributed by atoms with Crippen molar-refractivity contribution < 1.29 is 14.0 Å². The topological polar surface area (TPSA) is 96.0 Å². The molecule has 0 atom stereocenters. The van der Waals surface area contributed by atoms with E-state index >= 15 is 0 Å². The largest absolute Gasteiger partial charge is 0.334 e. The van der Waals surface area contributed by atoms with Gasteiger partial charge in [-0.15, -0.1) is 10.2 Å². The van der Waals surface area contributed by atoms with E-state index < -0.39 is 6.03 Å². The number of thioether (sulfide) groups is 1. The second-order valence-electron chi connectivity index (χ2n) is 5.82. The monoisotopic (exact) mass is 431 g/mol. The van der Waals surface area contributed by atoms with Crippen molar-refractivity contribution in [3.63, 3.8) is 0 Å². The summed E-state index contributed by atoms with van der Waals surface area (Å²) in [4.78, 5) is 23.6. The lowest BCUT2D eigenvalue weighted by Gasteiger charge is -2.06. The normalized spacial score (nSPS) is 10.4. The van der Waals surface area contributed by atoms with Gasteiger partial charge in [-0.25, -0.2) is 9.18 Å². The van der Waals surface area contributed by atoms with Crippen LogP contribution in [0.15, 0.2) is 58.9 Å². The van der Waals surface area contributed by atoms with Gasteiger partial charge < -0.3 is 10.6 Å². The number of aromatic nitrogens is 2. The van der Waals surface area contributed by atoms with E-state index in [1.165, 1.54) is 35.2 Å². The van der Waals surface area contributed by atoms with Crippen LogP contribution in [0.1, 0.15) is 12.0 Å². The van der Waals surface area contributed by atoms with Crippen molar-refractivity contribution in [2.75, 3.05) is 11.1 Å². The smallest absolute Gasteiger partial charge is 0.321 e. The number of benzene rings is 2. The Bertz CT molecular complexity index is 951. The fourth-order valence-corrected chi connectivity index (χ4v) is 4.00. The average molecular weight is 432 g/mol. The van der Waals surface area contributed by atoms with E-state index in [1.54, 1.807) is 12.1 Å². The lowest BCUT2D eigenvalue weighted by atomic mass is 10.2. The number of carbonyl (C=O) groups is 2. The Hall–Kier alpha value is -2.98. The highest BCUT2D eigenvalue weighted by Crippen LogP contribution is 2.28. The highest BCUT2D eigenvalue weighted by Gasteiger charge is 2.10. The van der Waals surface area contributed by atoms with Crippen LogP contribution in [0, 0.1) is 5.82 Å². The van der Waals surface area contributed by atoms with E-state index in [-0.39, 0.29) is 18.1 Å². The Balaban J connectivity index is 1.35. The van der Waals surface area contributed by atoms with E-state index in [9.17, 15) is 14.0 Å². The molecule has 1 heterocycles. The minimum absolute atomic E-state index is 0.170. The summed E-state index contributed by atoms with van der Waals surface area (Å²) in [6.07, 6.45) is 0.170. The fourth-order valence-electron chi connectivity index (χ4n) is 2.22. The summed E-state index contributed by atoms with van der Waals surface area (Å²) in [5, 5.41) is 16.6. The minimum atomic E-state index is -0.523. The van der Waals surface area contributed by atoms with Gasteiger partial charge in [0.05, 0.1) is 0 Å². The van der Waals surface area contributed by atoms with Gasteiger partial charge in [-0.1, -0.05) is 53.4 Å². The Morgan fingerprint density at radius 3 is 2.55 bits per heavy atom. The number of hydrogen-bond donors (Lipinski definition) is 3. The molecule has 0 aliphatic carbocycles. The first-order valence-corrected chi connectivity index (χ1v) is 10.5. The van der Waals surface area contributed by atoms with Gasteiger partial charge in [-0.3, -0.25) is 10.1 Å². The molecule has 3 N–H and O–H groups in total. The van der Waals surface area contributed by atoms with Crippen molar-refractivity contribution in [2.24, 2.45) is 0 Å². The standard InChI is InChI=1S/C19H18FN5O2S2/c20-14-6-8-15(9-7-14)22-18-24-25-19(29-18)28-11-10-16(26)23-17(27)21-12-13-4-2-1-3-5-13/h1-9H,10-12H2,(H,22,24)(H2,21,23,26,27). The maximum absolute atomic E-state index is 12.9. The molecule has 0 saturated heterocycles. The molecule has 0 unspecified atom stereocenters. The summed E-state index contributed by atoms with van der Waals surface area (Å²) in [5.41, 5.74) is 1.66. The summed E-state index contributed by atoms with van der Waals surface area (Å²) >= 11 is 2.70. The molecule has 0 radical (unpaired) electrons. The molecule has 29 heavy (non-hydrogen) atoms. The fraction of sp³-hybridized carbons (Fsp3) is 0.158. The van der Waals surface area contributed by atoms with Gasteiger partial charge in [0.2, 0.25) is 11.0 Å². The summed E-state index contributed by atoms with van der Waals surface area (Å²) in [7, 11) is 0. The van der Waals surface area contributed by atoms with Gasteiger partial charge >= 0.3 is 6.03 Å². The van der Waals surface area contributed by atoms with Gasteiger partial charge in [-0.05, 0) is 29.8 Å². The van der Waals surface area contributed by atoms with Crippen molar-refractivity contribution >= 4 is 45.9 Å². The molecule has 1 aromatic heterocycles. The first-order valence-electron chi connectivity index (χ1n) is 8.69. The van der Waals surface area contributed by atoms with Crippen LogP contribution in [0.4, 0.5) is 20.0 Å². The number of carbonyl (C=O) groups excluding carboxylic acids is 2. The van der Waals surface area contributed by atoms with Gasteiger partial charge in [0, 0.05) is 24.4 Å². The number of imide groups is 1. The molecule has 3 amide bonds. The van der Waals surface area contributed by atoms with Crippen LogP contribution in [-0.2, 0) is 11.3 Å². The minimum Gasteiger partial charge on any atom is -0.334 e. The second-order valence-corrected chi connectivity index (χ2v) is 8.14. The third-order valence-electron chi connectivity index (χ3n) is 3.61. The molecule has 0 aliphatic rings. The quantitative estimate of drug-likeness (QED) is 0.468. The van der Waals surface area contributed by atoms with E-state index in [2.05, 4.69) is 26.1 Å². The number of hydrogen-bond acceptors (Lipinski definition) is 7. The summed E-state index contributed by atoms with van der Waals surface area (Å²) < 4.78 is 13.6. The van der Waals surface area contributed by atoms with Crippen LogP contribution in [0.5, 0.6) is 0 Å². The van der Waals surface area contributed by atoms with Crippen molar-refractivity contribution in [3.8, 4) is 0 Å². The van der Waals surface area contributed by atoms with Crippen LogP contribution in [0.2, 0.25) is 0 Å². The molecule has 2 aromatic carbocycles. The molecule has 0 fully saturated rings. The van der Waals surface area contributed by atoms with E-state index in [4.69, 9.17) is 0 Å². The summed E-state index contributed by atoms with van der Waals surface area (Å²) in [6, 6.07) is 14.8. The molecule has 10 heteroatoms. The molecule has 7 nitrogen and oxygen atoms in total. The van der Waals surface area contributed by atoms with Crippen LogP contribution in [0.25, 0.3) is 0 Å². The zero-order valence-electron chi connectivity index (χ0n) is 15.2. The molecule has 0 spiro atoms. The summed E-state index contributed by atoms with van der Waals surface area (Å²) in [5.74, 6) is -0.212.